The van der Waals surface area contributed by atoms with Crippen molar-refractivity contribution in [2.24, 2.45) is 0 Å². The number of aryl methyl sites for hydroxylation is 2. The molecule has 6 aromatic rings. The third-order valence-corrected chi connectivity index (χ3v) is 10.3. The number of rotatable bonds is 8. The Morgan fingerprint density at radius 1 is 0.519 bits per heavy atom. The zero-order chi connectivity index (χ0) is 39.1. The van der Waals surface area contributed by atoms with Gasteiger partial charge in [-0.25, -0.2) is 4.79 Å². The molecule has 0 spiro atoms. The molecular weight excluding hydrogens is 741 g/mol. The van der Waals surface area contributed by atoms with Crippen LogP contribution in [0.1, 0.15) is 31.8 Å². The maximum atomic E-state index is 13.5. The highest BCUT2D eigenvalue weighted by atomic mass is 32.2. The maximum Gasteiger partial charge on any atom is 0.323 e. The molecule has 0 saturated heterocycles. The summed E-state index contributed by atoms with van der Waals surface area (Å²) < 4.78 is 68.0. The molecule has 0 radical (unpaired) electrons. The lowest BCUT2D eigenvalue weighted by atomic mass is 10.0. The maximum absolute atomic E-state index is 13.5. The van der Waals surface area contributed by atoms with E-state index in [2.05, 4.69) is 21.3 Å². The number of phenols is 2. The average molecular weight is 771 g/mol. The lowest BCUT2D eigenvalue weighted by Crippen LogP contribution is -2.21. The number of nitrogens with one attached hydrogen (secondary N) is 4. The lowest BCUT2D eigenvalue weighted by Gasteiger charge is -2.16. The first-order valence-corrected chi connectivity index (χ1v) is 18.7. The second-order valence-electron chi connectivity index (χ2n) is 12.1. The molecule has 6 aromatic carbocycles. The lowest BCUT2D eigenvalue weighted by molar-refractivity contribution is 0.101. The fourth-order valence-corrected chi connectivity index (χ4v) is 7.35. The number of carbonyl (C=O) groups excluding carboxylic acids is 3. The summed E-state index contributed by atoms with van der Waals surface area (Å²) in [7, 11) is -9.48. The summed E-state index contributed by atoms with van der Waals surface area (Å²) in [6, 6.07) is 21.5. The number of phenolic OH excluding ortho intramolecular Hbond substituents is 2. The number of hydrogen-bond acceptors (Lipinski definition) is 9. The van der Waals surface area contributed by atoms with Crippen LogP contribution in [0, 0.1) is 13.8 Å². The van der Waals surface area contributed by atoms with Crippen molar-refractivity contribution in [3.8, 4) is 11.5 Å². The smallest absolute Gasteiger partial charge is 0.323 e. The van der Waals surface area contributed by atoms with Crippen LogP contribution in [0.25, 0.3) is 21.5 Å². The molecule has 0 unspecified atom stereocenters. The van der Waals surface area contributed by atoms with Crippen molar-refractivity contribution in [1.82, 2.24) is 0 Å². The van der Waals surface area contributed by atoms with E-state index in [1.807, 2.05) is 0 Å². The summed E-state index contributed by atoms with van der Waals surface area (Å²) in [4.78, 5) is 39.0. The van der Waals surface area contributed by atoms with Crippen molar-refractivity contribution in [2.45, 2.75) is 23.6 Å². The summed E-state index contributed by atoms with van der Waals surface area (Å²) in [5.41, 5.74) is 0.843. The van der Waals surface area contributed by atoms with E-state index in [-0.39, 0.29) is 44.6 Å². The first kappa shape index (κ1) is 37.2. The number of benzene rings is 6. The van der Waals surface area contributed by atoms with Gasteiger partial charge in [-0.2, -0.15) is 16.8 Å². The van der Waals surface area contributed by atoms with Crippen LogP contribution in [-0.4, -0.2) is 54.0 Å². The molecule has 0 heterocycles. The Balaban J connectivity index is 1.22. The van der Waals surface area contributed by atoms with E-state index in [0.29, 0.717) is 21.9 Å². The molecule has 0 aliphatic carbocycles. The first-order chi connectivity index (χ1) is 25.4. The summed E-state index contributed by atoms with van der Waals surface area (Å²) in [5.74, 6) is -2.44. The molecule has 15 nitrogen and oxygen atoms in total. The molecule has 4 amide bonds. The van der Waals surface area contributed by atoms with Crippen molar-refractivity contribution in [2.75, 3.05) is 21.3 Å². The number of hydrogen-bond donors (Lipinski definition) is 8. The Kier molecular flexibility index (Phi) is 9.74. The average Bonchev–Trinajstić information content (AvgIpc) is 3.10. The van der Waals surface area contributed by atoms with Crippen LogP contribution in [0.2, 0.25) is 0 Å². The molecule has 276 valence electrons. The zero-order valence-electron chi connectivity index (χ0n) is 28.2. The van der Waals surface area contributed by atoms with Crippen LogP contribution in [0.5, 0.6) is 11.5 Å². The van der Waals surface area contributed by atoms with Crippen molar-refractivity contribution in [3.05, 3.63) is 119 Å². The second kappa shape index (κ2) is 14.1. The summed E-state index contributed by atoms with van der Waals surface area (Å²) in [5, 5.41) is 31.8. The van der Waals surface area contributed by atoms with Gasteiger partial charge in [-0.05, 0) is 84.3 Å². The monoisotopic (exact) mass is 770 g/mol. The molecule has 0 aromatic heterocycles. The number of carbonyl (C=O) groups is 3. The highest BCUT2D eigenvalue weighted by Gasteiger charge is 2.23. The van der Waals surface area contributed by atoms with Crippen molar-refractivity contribution in [1.29, 1.82) is 0 Å². The third kappa shape index (κ3) is 7.50. The Hall–Kier alpha value is -6.53. The van der Waals surface area contributed by atoms with Gasteiger partial charge in [0.2, 0.25) is 0 Å². The van der Waals surface area contributed by atoms with Gasteiger partial charge in [0.25, 0.3) is 32.1 Å². The van der Waals surface area contributed by atoms with E-state index in [9.17, 15) is 50.5 Å². The van der Waals surface area contributed by atoms with Gasteiger partial charge in [-0.15, -0.1) is 0 Å². The highest BCUT2D eigenvalue weighted by molar-refractivity contribution is 7.86. The Labute approximate surface area is 307 Å². The van der Waals surface area contributed by atoms with Gasteiger partial charge in [-0.3, -0.25) is 18.7 Å². The van der Waals surface area contributed by atoms with Gasteiger partial charge in [0.05, 0.1) is 11.4 Å². The van der Waals surface area contributed by atoms with E-state index in [4.69, 9.17) is 0 Å². The van der Waals surface area contributed by atoms with Crippen LogP contribution >= 0.6 is 0 Å². The normalized spacial score (nSPS) is 11.6. The molecule has 54 heavy (non-hydrogen) atoms. The molecule has 0 bridgehead atoms. The van der Waals surface area contributed by atoms with Gasteiger partial charge in [-0.1, -0.05) is 48.5 Å². The van der Waals surface area contributed by atoms with Gasteiger partial charge >= 0.3 is 6.03 Å². The highest BCUT2D eigenvalue weighted by Crippen LogP contribution is 2.38. The second-order valence-corrected chi connectivity index (χ2v) is 14.9. The fourth-order valence-electron chi connectivity index (χ4n) is 5.90. The summed E-state index contributed by atoms with van der Waals surface area (Å²) in [6.07, 6.45) is 0. The Morgan fingerprint density at radius 2 is 0.907 bits per heavy atom. The summed E-state index contributed by atoms with van der Waals surface area (Å²) in [6.45, 7) is 3.23. The zero-order valence-corrected chi connectivity index (χ0v) is 29.8. The van der Waals surface area contributed by atoms with E-state index in [1.165, 1.54) is 72.8 Å². The third-order valence-electron chi connectivity index (χ3n) is 8.48. The fraction of sp³-hybridized carbons (Fsp3) is 0.0541. The number of urea groups is 1. The van der Waals surface area contributed by atoms with Crippen LogP contribution in [0.15, 0.2) is 107 Å². The molecular formula is C37H30N4O11S2. The molecule has 0 atom stereocenters. The summed E-state index contributed by atoms with van der Waals surface area (Å²) >= 11 is 0. The Bertz CT molecular complexity index is 2600. The van der Waals surface area contributed by atoms with Gasteiger partial charge in [0.15, 0.2) is 0 Å². The molecule has 17 heteroatoms. The molecule has 0 aliphatic heterocycles. The molecule has 0 saturated carbocycles. The van der Waals surface area contributed by atoms with Crippen LogP contribution < -0.4 is 21.3 Å². The topological polar surface area (TPSA) is 249 Å². The van der Waals surface area contributed by atoms with Crippen LogP contribution in [0.4, 0.5) is 27.5 Å². The van der Waals surface area contributed by atoms with Gasteiger partial charge < -0.3 is 31.5 Å². The largest absolute Gasteiger partial charge is 0.506 e. The van der Waals surface area contributed by atoms with Gasteiger partial charge in [0, 0.05) is 33.3 Å². The van der Waals surface area contributed by atoms with E-state index in [1.54, 1.807) is 26.0 Å². The molecule has 0 aliphatic rings. The number of fused-ring (bicyclic) bond motifs is 2. The minimum absolute atomic E-state index is 0.0525. The molecule has 0 fully saturated rings. The predicted octanol–water partition coefficient (Wildman–Crippen LogP) is 6.66. The molecule has 8 N–H and O–H groups in total. The standard InChI is InChI=1S/C37H30N4O11S2/c1-19-9-13-23(17-25(19)35(44)40-33-27(42)15-11-21-5-3-7-29(31(21)33)53(47,48)49)38-37(46)39-24-14-10-20(2)26(18-24)36(45)41-34-28(43)16-12-22-6-4-8-30(32(22)34)54(50,51)52/h3-18,42-43H,1-2H3,(H,40,44)(H,41,45)(H2,38,39,46)(H,47,48,49)(H,50,51,52). The van der Waals surface area contributed by atoms with Crippen LogP contribution in [0.3, 0.4) is 0 Å². The van der Waals surface area contributed by atoms with E-state index < -0.39 is 59.4 Å². The SMILES string of the molecule is Cc1ccc(NC(=O)Nc2ccc(C)c(C(=O)Nc3c(O)ccc4cccc(S(=O)(=O)O)c34)c2)cc1C(=O)Nc1c(O)ccc2cccc(S(=O)(=O)O)c12. The van der Waals surface area contributed by atoms with Gasteiger partial charge in [0.1, 0.15) is 21.3 Å². The van der Waals surface area contributed by atoms with Crippen LogP contribution in [-0.2, 0) is 20.2 Å². The first-order valence-electron chi connectivity index (χ1n) is 15.8. The number of amides is 4. The Morgan fingerprint density at radius 3 is 1.28 bits per heavy atom. The minimum atomic E-state index is -4.74. The van der Waals surface area contributed by atoms with Crippen molar-refractivity contribution in [3.63, 3.8) is 0 Å². The molecule has 6 rings (SSSR count). The quantitative estimate of drug-likeness (QED) is 0.0600. The number of anilines is 4. The number of aromatic hydroxyl groups is 2. The van der Waals surface area contributed by atoms with Crippen molar-refractivity contribution >= 4 is 82.4 Å². The predicted molar refractivity (Wildman–Crippen MR) is 202 cm³/mol. The minimum Gasteiger partial charge on any atom is -0.506 e. The van der Waals surface area contributed by atoms with E-state index in [0.717, 1.165) is 12.1 Å². The van der Waals surface area contributed by atoms with E-state index >= 15 is 0 Å². The van der Waals surface area contributed by atoms with Crippen molar-refractivity contribution < 1.29 is 50.5 Å².